The Labute approximate surface area is 80.5 Å². The zero-order chi connectivity index (χ0) is 9.14. The van der Waals surface area contributed by atoms with Crippen molar-refractivity contribution in [3.63, 3.8) is 0 Å². The number of nitrogens with one attached hydrogen (secondary N) is 1. The van der Waals surface area contributed by atoms with Crippen LogP contribution >= 0.6 is 15.9 Å². The van der Waals surface area contributed by atoms with E-state index in [1.54, 1.807) is 4.80 Å². The molecule has 4 nitrogen and oxygen atoms in total. The largest absolute Gasteiger partial charge is 0.312 e. The average Bonchev–Trinajstić information content (AvgIpc) is 2.34. The number of hydrogen-bond donors (Lipinski definition) is 1. The molecular weight excluding hydrogens is 220 g/mol. The fraction of sp³-hybridized carbons (Fsp3) is 0.714. The predicted molar refractivity (Wildman–Crippen MR) is 50.8 cm³/mol. The second-order valence-electron chi connectivity index (χ2n) is 2.62. The Morgan fingerprint density at radius 3 is 2.58 bits per heavy atom. The van der Waals surface area contributed by atoms with Gasteiger partial charge >= 0.3 is 0 Å². The summed E-state index contributed by atoms with van der Waals surface area (Å²) in [5.74, 6) is 0. The molecule has 1 unspecified atom stereocenters. The van der Waals surface area contributed by atoms with Crippen molar-refractivity contribution >= 4 is 15.9 Å². The molecular formula is C7H13BrN4. The molecule has 1 aromatic rings. The van der Waals surface area contributed by atoms with Crippen LogP contribution in [0.1, 0.15) is 25.1 Å². The minimum Gasteiger partial charge on any atom is -0.312 e. The van der Waals surface area contributed by atoms with E-state index in [0.29, 0.717) is 0 Å². The van der Waals surface area contributed by atoms with Crippen molar-refractivity contribution in [3.8, 4) is 0 Å². The van der Waals surface area contributed by atoms with Gasteiger partial charge in [-0.05, 0) is 29.4 Å². The molecule has 1 atom stereocenters. The maximum Gasteiger partial charge on any atom is 0.153 e. The SMILES string of the molecule is CCC(NC)c1nn(C)nc1Br. The monoisotopic (exact) mass is 232 g/mol. The minimum atomic E-state index is 0.285. The second kappa shape index (κ2) is 4.00. The summed E-state index contributed by atoms with van der Waals surface area (Å²) in [4.78, 5) is 1.57. The molecule has 1 rings (SSSR count). The molecule has 1 heterocycles. The van der Waals surface area contributed by atoms with Crippen molar-refractivity contribution in [2.45, 2.75) is 19.4 Å². The van der Waals surface area contributed by atoms with Crippen LogP contribution in [0.3, 0.4) is 0 Å². The van der Waals surface area contributed by atoms with E-state index in [9.17, 15) is 0 Å². The first-order valence-corrected chi connectivity index (χ1v) is 4.72. The van der Waals surface area contributed by atoms with E-state index in [0.717, 1.165) is 16.7 Å². The molecule has 68 valence electrons. The third kappa shape index (κ3) is 1.84. The Morgan fingerprint density at radius 1 is 1.58 bits per heavy atom. The van der Waals surface area contributed by atoms with E-state index in [-0.39, 0.29) is 6.04 Å². The van der Waals surface area contributed by atoms with Gasteiger partial charge in [-0.25, -0.2) is 0 Å². The highest BCUT2D eigenvalue weighted by Crippen LogP contribution is 2.20. The van der Waals surface area contributed by atoms with Crippen LogP contribution in [-0.2, 0) is 7.05 Å². The maximum atomic E-state index is 4.25. The summed E-state index contributed by atoms with van der Waals surface area (Å²) in [6.07, 6.45) is 1.01. The molecule has 0 aliphatic heterocycles. The van der Waals surface area contributed by atoms with Gasteiger partial charge in [-0.15, -0.1) is 5.10 Å². The van der Waals surface area contributed by atoms with Crippen LogP contribution < -0.4 is 5.32 Å². The van der Waals surface area contributed by atoms with Crippen LogP contribution in [-0.4, -0.2) is 22.0 Å². The zero-order valence-electron chi connectivity index (χ0n) is 7.50. The predicted octanol–water partition coefficient (Wildman–Crippen LogP) is 1.25. The smallest absolute Gasteiger partial charge is 0.153 e. The lowest BCUT2D eigenvalue weighted by Crippen LogP contribution is -2.16. The Balaban J connectivity index is 2.91. The molecule has 1 aromatic heterocycles. The van der Waals surface area contributed by atoms with Crippen molar-refractivity contribution in [1.29, 1.82) is 0 Å². The highest BCUT2D eigenvalue weighted by atomic mass is 79.9. The molecule has 0 amide bonds. The fourth-order valence-electron chi connectivity index (χ4n) is 1.15. The van der Waals surface area contributed by atoms with Crippen molar-refractivity contribution in [3.05, 3.63) is 10.3 Å². The molecule has 0 aliphatic carbocycles. The summed E-state index contributed by atoms with van der Waals surface area (Å²) in [6, 6.07) is 0.285. The van der Waals surface area contributed by atoms with E-state index in [1.165, 1.54) is 0 Å². The number of rotatable bonds is 3. The third-order valence-corrected chi connectivity index (χ3v) is 2.35. The van der Waals surface area contributed by atoms with Crippen LogP contribution in [0.15, 0.2) is 4.60 Å². The van der Waals surface area contributed by atoms with Crippen molar-refractivity contribution < 1.29 is 0 Å². The summed E-state index contributed by atoms with van der Waals surface area (Å²) in [6.45, 7) is 2.11. The Kier molecular flexibility index (Phi) is 3.22. The quantitative estimate of drug-likeness (QED) is 0.854. The maximum absolute atomic E-state index is 4.25. The molecule has 1 N–H and O–H groups in total. The van der Waals surface area contributed by atoms with E-state index in [1.807, 2.05) is 14.1 Å². The summed E-state index contributed by atoms with van der Waals surface area (Å²) >= 11 is 3.36. The van der Waals surface area contributed by atoms with E-state index in [2.05, 4.69) is 38.4 Å². The topological polar surface area (TPSA) is 42.7 Å². The van der Waals surface area contributed by atoms with Crippen LogP contribution in [0.5, 0.6) is 0 Å². The van der Waals surface area contributed by atoms with Gasteiger partial charge in [0, 0.05) is 7.05 Å². The summed E-state index contributed by atoms with van der Waals surface area (Å²) in [5, 5.41) is 11.5. The normalized spacial score (nSPS) is 13.3. The first-order valence-electron chi connectivity index (χ1n) is 3.93. The fourth-order valence-corrected chi connectivity index (χ4v) is 1.73. The van der Waals surface area contributed by atoms with Crippen LogP contribution in [0.2, 0.25) is 0 Å². The van der Waals surface area contributed by atoms with Crippen molar-refractivity contribution in [2.24, 2.45) is 7.05 Å². The number of halogens is 1. The number of nitrogens with zero attached hydrogens (tertiary/aromatic N) is 3. The summed E-state index contributed by atoms with van der Waals surface area (Å²) in [5.41, 5.74) is 0.975. The molecule has 0 saturated heterocycles. The number of hydrogen-bond acceptors (Lipinski definition) is 3. The van der Waals surface area contributed by atoms with E-state index >= 15 is 0 Å². The molecule has 0 aromatic carbocycles. The molecule has 0 spiro atoms. The second-order valence-corrected chi connectivity index (χ2v) is 3.37. The Hall–Kier alpha value is -0.420. The molecule has 0 fully saturated rings. The van der Waals surface area contributed by atoms with E-state index in [4.69, 9.17) is 0 Å². The molecule has 0 aliphatic rings. The third-order valence-electron chi connectivity index (χ3n) is 1.78. The number of aryl methyl sites for hydroxylation is 1. The summed E-state index contributed by atoms with van der Waals surface area (Å²) in [7, 11) is 3.74. The highest BCUT2D eigenvalue weighted by molar-refractivity contribution is 9.10. The molecule has 0 saturated carbocycles. The Morgan fingerprint density at radius 2 is 2.25 bits per heavy atom. The van der Waals surface area contributed by atoms with Gasteiger partial charge in [0.15, 0.2) is 4.60 Å². The lowest BCUT2D eigenvalue weighted by atomic mass is 10.2. The van der Waals surface area contributed by atoms with Gasteiger partial charge in [0.25, 0.3) is 0 Å². The van der Waals surface area contributed by atoms with Gasteiger partial charge in [-0.2, -0.15) is 9.90 Å². The zero-order valence-corrected chi connectivity index (χ0v) is 9.09. The molecule has 0 radical (unpaired) electrons. The molecule has 0 bridgehead atoms. The summed E-state index contributed by atoms with van der Waals surface area (Å²) < 4.78 is 0.825. The standard InChI is InChI=1S/C7H13BrN4/c1-4-5(9-2)6-7(8)11-12(3)10-6/h5,9H,4H2,1-3H3. The van der Waals surface area contributed by atoms with Gasteiger partial charge < -0.3 is 5.32 Å². The van der Waals surface area contributed by atoms with E-state index < -0.39 is 0 Å². The number of aromatic nitrogens is 3. The van der Waals surface area contributed by atoms with Crippen LogP contribution in [0, 0.1) is 0 Å². The minimum absolute atomic E-state index is 0.285. The van der Waals surface area contributed by atoms with Crippen molar-refractivity contribution in [2.75, 3.05) is 7.05 Å². The Bertz CT molecular complexity index is 254. The van der Waals surface area contributed by atoms with Crippen LogP contribution in [0.25, 0.3) is 0 Å². The first kappa shape index (κ1) is 9.67. The lowest BCUT2D eigenvalue weighted by Gasteiger charge is -2.09. The lowest BCUT2D eigenvalue weighted by molar-refractivity contribution is 0.544. The van der Waals surface area contributed by atoms with Gasteiger partial charge in [0.05, 0.1) is 6.04 Å². The van der Waals surface area contributed by atoms with Gasteiger partial charge in [-0.3, -0.25) is 0 Å². The first-order chi connectivity index (χ1) is 5.69. The van der Waals surface area contributed by atoms with Gasteiger partial charge in [0.2, 0.25) is 0 Å². The average molecular weight is 233 g/mol. The van der Waals surface area contributed by atoms with Crippen molar-refractivity contribution in [1.82, 2.24) is 20.3 Å². The molecule has 5 heteroatoms. The van der Waals surface area contributed by atoms with Gasteiger partial charge in [-0.1, -0.05) is 6.92 Å². The van der Waals surface area contributed by atoms with Gasteiger partial charge in [0.1, 0.15) is 5.69 Å². The molecule has 12 heavy (non-hydrogen) atoms. The highest BCUT2D eigenvalue weighted by Gasteiger charge is 2.15. The van der Waals surface area contributed by atoms with Crippen LogP contribution in [0.4, 0.5) is 0 Å².